The Morgan fingerprint density at radius 2 is 1.73 bits per heavy atom. The molecule has 0 aliphatic carbocycles. The smallest absolute Gasteiger partial charge is 0.256 e. The Hall–Kier alpha value is -3.12. The fourth-order valence-electron chi connectivity index (χ4n) is 4.33. The fraction of sp³-hybridized carbons (Fsp3) is 0.250. The van der Waals surface area contributed by atoms with Crippen LogP contribution in [0, 0.1) is 0 Å². The molecule has 3 heterocycles. The molecule has 6 heteroatoms. The predicted molar refractivity (Wildman–Crippen MR) is 118 cm³/mol. The first kappa shape index (κ1) is 18.9. The van der Waals surface area contributed by atoms with Gasteiger partial charge in [-0.3, -0.25) is 9.59 Å². The first-order valence-electron chi connectivity index (χ1n) is 10.1. The second kappa shape index (κ2) is 7.29. The molecule has 1 fully saturated rings. The van der Waals surface area contributed by atoms with E-state index in [2.05, 4.69) is 0 Å². The summed E-state index contributed by atoms with van der Waals surface area (Å²) in [6.07, 6.45) is 1.63. The van der Waals surface area contributed by atoms with Crippen LogP contribution in [0.3, 0.4) is 0 Å². The maximum Gasteiger partial charge on any atom is 0.256 e. The highest BCUT2D eigenvalue weighted by Gasteiger charge is 2.43. The lowest BCUT2D eigenvalue weighted by Crippen LogP contribution is -2.52. The SMILES string of the molecule is Nc1sc(-c2ccccc2)cc1C(=O)N1CCC2(CC1)CC(=O)c1ccccc1O2. The van der Waals surface area contributed by atoms with Gasteiger partial charge >= 0.3 is 0 Å². The minimum absolute atomic E-state index is 0.0525. The number of anilines is 1. The average molecular weight is 419 g/mol. The zero-order chi connectivity index (χ0) is 20.7. The van der Waals surface area contributed by atoms with Crippen molar-refractivity contribution in [2.24, 2.45) is 0 Å². The normalized spacial score (nSPS) is 17.5. The van der Waals surface area contributed by atoms with Gasteiger partial charge in [-0.25, -0.2) is 0 Å². The van der Waals surface area contributed by atoms with Gasteiger partial charge in [-0.05, 0) is 23.8 Å². The third-order valence-corrected chi connectivity index (χ3v) is 7.02. The zero-order valence-corrected chi connectivity index (χ0v) is 17.3. The van der Waals surface area contributed by atoms with Crippen molar-refractivity contribution in [1.29, 1.82) is 0 Å². The monoisotopic (exact) mass is 418 g/mol. The van der Waals surface area contributed by atoms with Crippen LogP contribution in [0.25, 0.3) is 10.4 Å². The third kappa shape index (κ3) is 3.27. The maximum absolute atomic E-state index is 13.1. The molecule has 0 atom stereocenters. The number of ether oxygens (including phenoxy) is 1. The molecule has 1 amide bonds. The first-order chi connectivity index (χ1) is 14.5. The number of thiophene rings is 1. The van der Waals surface area contributed by atoms with Crippen molar-refractivity contribution >= 4 is 28.0 Å². The maximum atomic E-state index is 13.1. The molecule has 0 radical (unpaired) electrons. The van der Waals surface area contributed by atoms with Crippen molar-refractivity contribution in [3.05, 3.63) is 71.8 Å². The molecule has 0 saturated carbocycles. The number of likely N-dealkylation sites (tertiary alicyclic amines) is 1. The Morgan fingerprint density at radius 3 is 2.50 bits per heavy atom. The number of nitrogen functional groups attached to an aromatic ring is 1. The molecule has 5 nitrogen and oxygen atoms in total. The van der Waals surface area contributed by atoms with Crippen LogP contribution in [0.15, 0.2) is 60.7 Å². The summed E-state index contributed by atoms with van der Waals surface area (Å²) in [5, 5.41) is 0.539. The van der Waals surface area contributed by atoms with E-state index in [0.29, 0.717) is 54.2 Å². The van der Waals surface area contributed by atoms with E-state index in [9.17, 15) is 9.59 Å². The molecule has 2 aromatic carbocycles. The highest BCUT2D eigenvalue weighted by atomic mass is 32.1. The molecule has 5 rings (SSSR count). The van der Waals surface area contributed by atoms with Gasteiger partial charge in [-0.2, -0.15) is 0 Å². The van der Waals surface area contributed by atoms with Crippen LogP contribution in [0.4, 0.5) is 5.00 Å². The van der Waals surface area contributed by atoms with Gasteiger partial charge in [0.25, 0.3) is 5.91 Å². The molecule has 30 heavy (non-hydrogen) atoms. The Labute approximate surface area is 179 Å². The summed E-state index contributed by atoms with van der Waals surface area (Å²) >= 11 is 1.43. The minimum Gasteiger partial charge on any atom is -0.486 e. The molecular weight excluding hydrogens is 396 g/mol. The Bertz CT molecular complexity index is 1110. The first-order valence-corrected chi connectivity index (χ1v) is 10.9. The summed E-state index contributed by atoms with van der Waals surface area (Å²) in [7, 11) is 0. The van der Waals surface area contributed by atoms with E-state index in [1.165, 1.54) is 11.3 Å². The summed E-state index contributed by atoms with van der Waals surface area (Å²) < 4.78 is 6.27. The molecule has 2 aliphatic heterocycles. The highest BCUT2D eigenvalue weighted by Crippen LogP contribution is 2.40. The quantitative estimate of drug-likeness (QED) is 0.658. The van der Waals surface area contributed by atoms with Crippen LogP contribution in [0.2, 0.25) is 0 Å². The van der Waals surface area contributed by atoms with Gasteiger partial charge < -0.3 is 15.4 Å². The van der Waals surface area contributed by atoms with Gasteiger partial charge in [0, 0.05) is 30.8 Å². The van der Waals surface area contributed by atoms with E-state index < -0.39 is 5.60 Å². The topological polar surface area (TPSA) is 72.6 Å². The summed E-state index contributed by atoms with van der Waals surface area (Å²) in [6.45, 7) is 1.09. The van der Waals surface area contributed by atoms with Crippen molar-refractivity contribution in [2.45, 2.75) is 24.9 Å². The Kier molecular flexibility index (Phi) is 4.59. The number of para-hydroxylation sites is 1. The number of hydrogen-bond acceptors (Lipinski definition) is 5. The number of nitrogens with zero attached hydrogens (tertiary/aromatic N) is 1. The van der Waals surface area contributed by atoms with E-state index in [1.54, 1.807) is 0 Å². The lowest BCUT2D eigenvalue weighted by Gasteiger charge is -2.43. The van der Waals surface area contributed by atoms with E-state index >= 15 is 0 Å². The van der Waals surface area contributed by atoms with Crippen LogP contribution in [-0.2, 0) is 0 Å². The molecule has 0 unspecified atom stereocenters. The van der Waals surface area contributed by atoms with Crippen LogP contribution >= 0.6 is 11.3 Å². The van der Waals surface area contributed by atoms with E-state index in [-0.39, 0.29) is 11.7 Å². The van der Waals surface area contributed by atoms with Crippen molar-refractivity contribution in [1.82, 2.24) is 4.90 Å². The van der Waals surface area contributed by atoms with E-state index in [0.717, 1.165) is 10.4 Å². The number of benzene rings is 2. The fourth-order valence-corrected chi connectivity index (χ4v) is 5.25. The standard InChI is InChI=1S/C24H22N2O3S/c25-22-18(14-21(30-22)16-6-2-1-3-7-16)23(28)26-12-10-24(11-13-26)15-19(27)17-8-4-5-9-20(17)29-24/h1-9,14H,10-13,15,25H2. The summed E-state index contributed by atoms with van der Waals surface area (Å²) in [5.41, 5.74) is 7.94. The number of amides is 1. The minimum atomic E-state index is -0.516. The van der Waals surface area contributed by atoms with Gasteiger partial charge in [-0.15, -0.1) is 11.3 Å². The molecular formula is C24H22N2O3S. The van der Waals surface area contributed by atoms with Gasteiger partial charge in [0.2, 0.25) is 0 Å². The van der Waals surface area contributed by atoms with Crippen LogP contribution in [0.5, 0.6) is 5.75 Å². The van der Waals surface area contributed by atoms with Gasteiger partial charge in [0.15, 0.2) is 5.78 Å². The Morgan fingerprint density at radius 1 is 1.03 bits per heavy atom. The lowest BCUT2D eigenvalue weighted by atomic mass is 9.82. The lowest BCUT2D eigenvalue weighted by molar-refractivity contribution is -0.00566. The molecule has 1 spiro atoms. The molecule has 3 aromatic rings. The summed E-state index contributed by atoms with van der Waals surface area (Å²) in [5.74, 6) is 0.720. The van der Waals surface area contributed by atoms with Crippen LogP contribution in [-0.4, -0.2) is 35.3 Å². The van der Waals surface area contributed by atoms with E-state index in [4.69, 9.17) is 10.5 Å². The summed E-state index contributed by atoms with van der Waals surface area (Å²) in [4.78, 5) is 28.6. The number of fused-ring (bicyclic) bond motifs is 1. The van der Waals surface area contributed by atoms with Crippen molar-refractivity contribution in [3.8, 4) is 16.2 Å². The van der Waals surface area contributed by atoms with Crippen LogP contribution < -0.4 is 10.5 Å². The number of carbonyl (C=O) groups excluding carboxylic acids is 2. The van der Waals surface area contributed by atoms with Crippen molar-refractivity contribution < 1.29 is 14.3 Å². The average Bonchev–Trinajstić information content (AvgIpc) is 3.16. The largest absolute Gasteiger partial charge is 0.486 e. The van der Waals surface area contributed by atoms with Crippen molar-refractivity contribution in [2.75, 3.05) is 18.8 Å². The molecule has 1 aromatic heterocycles. The number of hydrogen-bond donors (Lipinski definition) is 1. The molecule has 152 valence electrons. The van der Waals surface area contributed by atoms with Gasteiger partial charge in [0.1, 0.15) is 11.4 Å². The second-order valence-electron chi connectivity index (χ2n) is 7.93. The number of ketones is 1. The second-order valence-corrected chi connectivity index (χ2v) is 9.01. The summed E-state index contributed by atoms with van der Waals surface area (Å²) in [6, 6.07) is 19.2. The number of Topliss-reactive ketones (excluding diaryl/α,β-unsaturated/α-hetero) is 1. The highest BCUT2D eigenvalue weighted by molar-refractivity contribution is 7.19. The zero-order valence-electron chi connectivity index (χ0n) is 16.5. The van der Waals surface area contributed by atoms with Crippen LogP contribution in [0.1, 0.15) is 40.0 Å². The Balaban J connectivity index is 1.31. The number of carbonyl (C=O) groups is 2. The van der Waals surface area contributed by atoms with E-state index in [1.807, 2.05) is 65.6 Å². The van der Waals surface area contributed by atoms with Crippen molar-refractivity contribution in [3.63, 3.8) is 0 Å². The molecule has 1 saturated heterocycles. The molecule has 0 bridgehead atoms. The predicted octanol–water partition coefficient (Wildman–Crippen LogP) is 4.64. The molecule has 2 N–H and O–H groups in total. The number of piperidine rings is 1. The number of rotatable bonds is 2. The van der Waals surface area contributed by atoms with Gasteiger partial charge in [0.05, 0.1) is 22.5 Å². The third-order valence-electron chi connectivity index (χ3n) is 6.01. The van der Waals surface area contributed by atoms with Gasteiger partial charge in [-0.1, -0.05) is 42.5 Å². The molecule has 2 aliphatic rings. The number of nitrogens with two attached hydrogens (primary N) is 1.